The molecule has 0 radical (unpaired) electrons. The van der Waals surface area contributed by atoms with Crippen LogP contribution in [0.2, 0.25) is 0 Å². The summed E-state index contributed by atoms with van der Waals surface area (Å²) in [4.78, 5) is 8.21. The van der Waals surface area contributed by atoms with E-state index in [9.17, 15) is 0 Å². The third kappa shape index (κ3) is 2.33. The molecule has 0 amide bonds. The molecule has 3 rings (SSSR count). The first kappa shape index (κ1) is 12.2. The van der Waals surface area contributed by atoms with E-state index < -0.39 is 0 Å². The van der Waals surface area contributed by atoms with Crippen LogP contribution in [0, 0.1) is 0 Å². The highest BCUT2D eigenvalue weighted by Crippen LogP contribution is 2.27. The van der Waals surface area contributed by atoms with Gasteiger partial charge >= 0.3 is 0 Å². The number of hydrogen-bond donors (Lipinski definition) is 1. The number of anilines is 1. The number of methoxy groups -OCH3 is 1. The van der Waals surface area contributed by atoms with E-state index in [4.69, 9.17) is 14.9 Å². The van der Waals surface area contributed by atoms with Gasteiger partial charge in [-0.3, -0.25) is 0 Å². The molecule has 0 saturated heterocycles. The second-order valence-electron chi connectivity index (χ2n) is 4.23. The van der Waals surface area contributed by atoms with Gasteiger partial charge in [0.1, 0.15) is 11.6 Å². The molecular formula is C15H13N3O2. The fourth-order valence-electron chi connectivity index (χ4n) is 1.88. The quantitative estimate of drug-likeness (QED) is 0.789. The van der Waals surface area contributed by atoms with Crippen molar-refractivity contribution in [1.29, 1.82) is 0 Å². The third-order valence-corrected chi connectivity index (χ3v) is 2.91. The second kappa shape index (κ2) is 5.05. The van der Waals surface area contributed by atoms with Gasteiger partial charge in [0.25, 0.3) is 0 Å². The van der Waals surface area contributed by atoms with Crippen molar-refractivity contribution < 1.29 is 9.15 Å². The topological polar surface area (TPSA) is 74.2 Å². The van der Waals surface area contributed by atoms with Crippen LogP contribution < -0.4 is 10.5 Å². The van der Waals surface area contributed by atoms with E-state index in [0.29, 0.717) is 17.5 Å². The van der Waals surface area contributed by atoms with Crippen molar-refractivity contribution in [2.24, 2.45) is 0 Å². The van der Waals surface area contributed by atoms with E-state index in [1.54, 1.807) is 31.6 Å². The number of rotatable bonds is 3. The van der Waals surface area contributed by atoms with Crippen molar-refractivity contribution in [2.75, 3.05) is 12.8 Å². The predicted molar refractivity (Wildman–Crippen MR) is 76.1 cm³/mol. The zero-order chi connectivity index (χ0) is 13.9. The van der Waals surface area contributed by atoms with Crippen LogP contribution in [0.3, 0.4) is 0 Å². The van der Waals surface area contributed by atoms with Crippen molar-refractivity contribution in [2.45, 2.75) is 0 Å². The molecule has 3 aromatic rings. The van der Waals surface area contributed by atoms with Crippen LogP contribution in [-0.4, -0.2) is 17.1 Å². The number of benzene rings is 1. The zero-order valence-electron chi connectivity index (χ0n) is 10.9. The number of nitrogens with two attached hydrogens (primary N) is 1. The maximum Gasteiger partial charge on any atom is 0.226 e. The number of hydrogen-bond acceptors (Lipinski definition) is 5. The van der Waals surface area contributed by atoms with Gasteiger partial charge in [-0.05, 0) is 36.4 Å². The molecule has 0 spiro atoms. The Morgan fingerprint density at radius 3 is 2.55 bits per heavy atom. The normalized spacial score (nSPS) is 10.4. The Morgan fingerprint density at radius 2 is 1.85 bits per heavy atom. The maximum atomic E-state index is 5.75. The summed E-state index contributed by atoms with van der Waals surface area (Å²) in [6.07, 6.45) is 3.32. The average Bonchev–Trinajstić information content (AvgIpc) is 2.97. The van der Waals surface area contributed by atoms with Gasteiger partial charge in [0, 0.05) is 17.3 Å². The third-order valence-electron chi connectivity index (χ3n) is 2.91. The molecule has 0 atom stereocenters. The van der Waals surface area contributed by atoms with E-state index in [-0.39, 0.29) is 0 Å². The molecule has 0 unspecified atom stereocenters. The molecule has 2 aromatic heterocycles. The molecule has 1 aromatic carbocycles. The molecule has 20 heavy (non-hydrogen) atoms. The van der Waals surface area contributed by atoms with Gasteiger partial charge in [-0.1, -0.05) is 0 Å². The van der Waals surface area contributed by atoms with E-state index >= 15 is 0 Å². The Hall–Kier alpha value is -2.82. The van der Waals surface area contributed by atoms with Gasteiger partial charge in [0.15, 0.2) is 5.76 Å². The van der Waals surface area contributed by atoms with Crippen LogP contribution in [-0.2, 0) is 0 Å². The first-order chi connectivity index (χ1) is 9.76. The summed E-state index contributed by atoms with van der Waals surface area (Å²) in [5.74, 6) is 2.45. The Balaban J connectivity index is 1.93. The largest absolute Gasteiger partial charge is 0.497 e. The fraction of sp³-hybridized carbons (Fsp3) is 0.0667. The number of pyridine rings is 1. The Bertz CT molecular complexity index is 720. The van der Waals surface area contributed by atoms with Crippen molar-refractivity contribution >= 4 is 5.82 Å². The Morgan fingerprint density at radius 1 is 1.05 bits per heavy atom. The lowest BCUT2D eigenvalue weighted by molar-refractivity contribution is 0.415. The number of ether oxygens (including phenoxy) is 1. The summed E-state index contributed by atoms with van der Waals surface area (Å²) in [6.45, 7) is 0. The van der Waals surface area contributed by atoms with Gasteiger partial charge in [-0.2, -0.15) is 0 Å². The van der Waals surface area contributed by atoms with E-state index in [0.717, 1.165) is 16.9 Å². The highest BCUT2D eigenvalue weighted by Gasteiger charge is 2.09. The SMILES string of the molecule is COc1ccc(-c2cnc(-c3ccnc(N)c3)o2)cc1. The van der Waals surface area contributed by atoms with Crippen LogP contribution in [0.4, 0.5) is 5.82 Å². The summed E-state index contributed by atoms with van der Waals surface area (Å²) >= 11 is 0. The maximum absolute atomic E-state index is 5.75. The average molecular weight is 267 g/mol. The zero-order valence-corrected chi connectivity index (χ0v) is 10.9. The minimum absolute atomic E-state index is 0.437. The highest BCUT2D eigenvalue weighted by atomic mass is 16.5. The molecule has 0 fully saturated rings. The smallest absolute Gasteiger partial charge is 0.226 e. The minimum atomic E-state index is 0.437. The number of nitrogen functional groups attached to an aromatic ring is 1. The lowest BCUT2D eigenvalue weighted by Gasteiger charge is -2.00. The Labute approximate surface area is 116 Å². The fourth-order valence-corrected chi connectivity index (χ4v) is 1.88. The van der Waals surface area contributed by atoms with E-state index in [1.165, 1.54) is 0 Å². The van der Waals surface area contributed by atoms with Crippen LogP contribution in [0.25, 0.3) is 22.8 Å². The lowest BCUT2D eigenvalue weighted by atomic mass is 10.2. The van der Waals surface area contributed by atoms with Gasteiger partial charge in [0.05, 0.1) is 13.3 Å². The summed E-state index contributed by atoms with van der Waals surface area (Å²) < 4.78 is 10.9. The highest BCUT2D eigenvalue weighted by molar-refractivity contribution is 5.62. The monoisotopic (exact) mass is 267 g/mol. The molecule has 0 saturated carbocycles. The summed E-state index contributed by atoms with van der Waals surface area (Å²) in [5.41, 5.74) is 7.39. The molecule has 0 aliphatic heterocycles. The van der Waals surface area contributed by atoms with E-state index in [2.05, 4.69) is 9.97 Å². The van der Waals surface area contributed by atoms with Crippen molar-refractivity contribution in [3.8, 4) is 28.5 Å². The first-order valence-electron chi connectivity index (χ1n) is 6.08. The number of aromatic nitrogens is 2. The van der Waals surface area contributed by atoms with Crippen LogP contribution in [0.1, 0.15) is 0 Å². The predicted octanol–water partition coefficient (Wildman–Crippen LogP) is 2.99. The van der Waals surface area contributed by atoms with Crippen molar-refractivity contribution in [1.82, 2.24) is 9.97 Å². The lowest BCUT2D eigenvalue weighted by Crippen LogP contribution is -1.89. The summed E-state index contributed by atoms with van der Waals surface area (Å²) in [6, 6.07) is 11.1. The van der Waals surface area contributed by atoms with Gasteiger partial charge in [-0.25, -0.2) is 9.97 Å². The van der Waals surface area contributed by atoms with Gasteiger partial charge < -0.3 is 14.9 Å². The molecule has 2 N–H and O–H groups in total. The standard InChI is InChI=1S/C15H13N3O2/c1-19-12-4-2-10(3-5-12)13-9-18-15(20-13)11-6-7-17-14(16)8-11/h2-9H,1H3,(H2,16,17). The number of oxazole rings is 1. The van der Waals surface area contributed by atoms with Crippen LogP contribution >= 0.6 is 0 Å². The Kier molecular flexibility index (Phi) is 3.09. The molecule has 0 aliphatic rings. The molecular weight excluding hydrogens is 254 g/mol. The second-order valence-corrected chi connectivity index (χ2v) is 4.23. The summed E-state index contributed by atoms with van der Waals surface area (Å²) in [5, 5.41) is 0. The van der Waals surface area contributed by atoms with Crippen LogP contribution in [0.15, 0.2) is 53.2 Å². The number of nitrogens with zero attached hydrogens (tertiary/aromatic N) is 2. The molecule has 100 valence electrons. The van der Waals surface area contributed by atoms with Crippen LogP contribution in [0.5, 0.6) is 5.75 Å². The molecule has 0 bridgehead atoms. The van der Waals surface area contributed by atoms with Crippen molar-refractivity contribution in [3.63, 3.8) is 0 Å². The van der Waals surface area contributed by atoms with Crippen molar-refractivity contribution in [3.05, 3.63) is 48.8 Å². The molecule has 0 aliphatic carbocycles. The molecule has 2 heterocycles. The first-order valence-corrected chi connectivity index (χ1v) is 6.08. The van der Waals surface area contributed by atoms with Gasteiger partial charge in [-0.15, -0.1) is 0 Å². The summed E-state index contributed by atoms with van der Waals surface area (Å²) in [7, 11) is 1.63. The molecule has 5 nitrogen and oxygen atoms in total. The van der Waals surface area contributed by atoms with Gasteiger partial charge in [0.2, 0.25) is 5.89 Å². The van der Waals surface area contributed by atoms with E-state index in [1.807, 2.05) is 24.3 Å². The molecule has 5 heteroatoms. The minimum Gasteiger partial charge on any atom is -0.497 e.